The van der Waals surface area contributed by atoms with Crippen molar-refractivity contribution in [3.63, 3.8) is 0 Å². The van der Waals surface area contributed by atoms with Gasteiger partial charge in [0.05, 0.1) is 19.2 Å². The third-order valence-corrected chi connectivity index (χ3v) is 2.17. The maximum absolute atomic E-state index is 11.0. The maximum Gasteiger partial charge on any atom is 0.307 e. The van der Waals surface area contributed by atoms with Crippen molar-refractivity contribution >= 4 is 5.97 Å². The molecular formula is C11H17N3O2. The Labute approximate surface area is 95.3 Å². The first-order chi connectivity index (χ1) is 7.61. The molecule has 0 aliphatic heterocycles. The fourth-order valence-corrected chi connectivity index (χ4v) is 1.29. The van der Waals surface area contributed by atoms with Crippen molar-refractivity contribution in [2.24, 2.45) is 0 Å². The molecule has 16 heavy (non-hydrogen) atoms. The summed E-state index contributed by atoms with van der Waals surface area (Å²) in [6, 6.07) is 1.92. The molecule has 0 saturated carbocycles. The van der Waals surface area contributed by atoms with Gasteiger partial charge in [0.15, 0.2) is 0 Å². The van der Waals surface area contributed by atoms with Crippen LogP contribution in [0.5, 0.6) is 0 Å². The zero-order valence-corrected chi connectivity index (χ0v) is 9.86. The third kappa shape index (κ3) is 4.35. The summed E-state index contributed by atoms with van der Waals surface area (Å²) in [6.07, 6.45) is 2.09. The summed E-state index contributed by atoms with van der Waals surface area (Å²) < 4.78 is 4.59. The van der Waals surface area contributed by atoms with Crippen LogP contribution in [0.15, 0.2) is 12.3 Å². The van der Waals surface area contributed by atoms with E-state index in [-0.39, 0.29) is 12.0 Å². The first kappa shape index (κ1) is 12.6. The number of hydrogen-bond donors (Lipinski definition) is 1. The average molecular weight is 223 g/mol. The van der Waals surface area contributed by atoms with Crippen molar-refractivity contribution in [2.75, 3.05) is 7.11 Å². The van der Waals surface area contributed by atoms with Crippen LogP contribution in [0.1, 0.15) is 24.9 Å². The van der Waals surface area contributed by atoms with Crippen LogP contribution in [0.3, 0.4) is 0 Å². The molecule has 0 amide bonds. The molecular weight excluding hydrogens is 206 g/mol. The normalized spacial score (nSPS) is 12.2. The second kappa shape index (κ2) is 6.17. The van der Waals surface area contributed by atoms with E-state index in [1.807, 2.05) is 19.9 Å². The predicted octanol–water partition coefficient (Wildman–Crippen LogP) is 0.826. The highest BCUT2D eigenvalue weighted by atomic mass is 16.5. The minimum Gasteiger partial charge on any atom is -0.469 e. The van der Waals surface area contributed by atoms with Gasteiger partial charge in [-0.2, -0.15) is 0 Å². The van der Waals surface area contributed by atoms with Gasteiger partial charge in [0.1, 0.15) is 5.82 Å². The molecule has 0 radical (unpaired) electrons. The smallest absolute Gasteiger partial charge is 0.307 e. The maximum atomic E-state index is 11.0. The highest BCUT2D eigenvalue weighted by Crippen LogP contribution is 1.98. The highest BCUT2D eigenvalue weighted by molar-refractivity contribution is 5.69. The number of carbonyl (C=O) groups is 1. The Balaban J connectivity index is 2.37. The Morgan fingerprint density at radius 3 is 3.00 bits per heavy atom. The van der Waals surface area contributed by atoms with Gasteiger partial charge in [-0.1, -0.05) is 0 Å². The van der Waals surface area contributed by atoms with Gasteiger partial charge in [0.25, 0.3) is 0 Å². The van der Waals surface area contributed by atoms with Crippen LogP contribution in [0.25, 0.3) is 0 Å². The van der Waals surface area contributed by atoms with E-state index in [2.05, 4.69) is 20.0 Å². The van der Waals surface area contributed by atoms with Crippen molar-refractivity contribution in [1.82, 2.24) is 15.3 Å². The fraction of sp³-hybridized carbons (Fsp3) is 0.545. The molecule has 0 bridgehead atoms. The molecule has 0 aliphatic rings. The van der Waals surface area contributed by atoms with Crippen molar-refractivity contribution in [3.05, 3.63) is 23.8 Å². The number of ether oxygens (including phenoxy) is 1. The monoisotopic (exact) mass is 223 g/mol. The summed E-state index contributed by atoms with van der Waals surface area (Å²) in [7, 11) is 1.39. The van der Waals surface area contributed by atoms with Crippen molar-refractivity contribution in [2.45, 2.75) is 32.9 Å². The summed E-state index contributed by atoms with van der Waals surface area (Å²) in [4.78, 5) is 19.3. The minimum absolute atomic E-state index is 0.0720. The van der Waals surface area contributed by atoms with E-state index < -0.39 is 0 Å². The van der Waals surface area contributed by atoms with Gasteiger partial charge in [-0.05, 0) is 19.9 Å². The molecule has 88 valence electrons. The summed E-state index contributed by atoms with van der Waals surface area (Å²) in [5.41, 5.74) is 0.921. The lowest BCUT2D eigenvalue weighted by molar-refractivity contribution is -0.141. The first-order valence-corrected chi connectivity index (χ1v) is 5.20. The predicted molar refractivity (Wildman–Crippen MR) is 59.7 cm³/mol. The number of aromatic nitrogens is 2. The molecule has 1 heterocycles. The topological polar surface area (TPSA) is 64.1 Å². The van der Waals surface area contributed by atoms with Crippen LogP contribution >= 0.6 is 0 Å². The van der Waals surface area contributed by atoms with Crippen molar-refractivity contribution in [1.29, 1.82) is 0 Å². The van der Waals surface area contributed by atoms with Gasteiger partial charge in [-0.3, -0.25) is 4.79 Å². The average Bonchev–Trinajstić information content (AvgIpc) is 2.26. The summed E-state index contributed by atoms with van der Waals surface area (Å²) >= 11 is 0. The molecule has 0 aliphatic carbocycles. The van der Waals surface area contributed by atoms with Gasteiger partial charge >= 0.3 is 5.97 Å². The second-order valence-electron chi connectivity index (χ2n) is 3.66. The van der Waals surface area contributed by atoms with Crippen molar-refractivity contribution < 1.29 is 9.53 Å². The van der Waals surface area contributed by atoms with Gasteiger partial charge in [-0.15, -0.1) is 0 Å². The first-order valence-electron chi connectivity index (χ1n) is 5.20. The van der Waals surface area contributed by atoms with Crippen LogP contribution in [0.4, 0.5) is 0 Å². The number of hydrogen-bond acceptors (Lipinski definition) is 5. The molecule has 0 spiro atoms. The van der Waals surface area contributed by atoms with E-state index in [1.54, 1.807) is 6.20 Å². The molecule has 1 N–H and O–H groups in total. The van der Waals surface area contributed by atoms with Crippen LogP contribution in [0.2, 0.25) is 0 Å². The van der Waals surface area contributed by atoms with E-state index in [1.165, 1.54) is 7.11 Å². The van der Waals surface area contributed by atoms with E-state index in [4.69, 9.17) is 0 Å². The summed E-state index contributed by atoms with van der Waals surface area (Å²) in [6.45, 7) is 4.41. The number of rotatable bonds is 5. The van der Waals surface area contributed by atoms with E-state index >= 15 is 0 Å². The molecule has 1 rings (SSSR count). The lowest BCUT2D eigenvalue weighted by atomic mass is 10.2. The zero-order valence-electron chi connectivity index (χ0n) is 9.86. The molecule has 5 nitrogen and oxygen atoms in total. The Hall–Kier alpha value is -1.49. The molecule has 1 aromatic heterocycles. The molecule has 0 fully saturated rings. The van der Waals surface area contributed by atoms with E-state index in [0.29, 0.717) is 13.0 Å². The number of esters is 1. The van der Waals surface area contributed by atoms with E-state index in [9.17, 15) is 4.79 Å². The second-order valence-corrected chi connectivity index (χ2v) is 3.66. The third-order valence-electron chi connectivity index (χ3n) is 2.17. The van der Waals surface area contributed by atoms with Gasteiger partial charge in [-0.25, -0.2) is 9.97 Å². The molecule has 1 unspecified atom stereocenters. The zero-order chi connectivity index (χ0) is 12.0. The van der Waals surface area contributed by atoms with Gasteiger partial charge in [0.2, 0.25) is 0 Å². The SMILES string of the molecule is COC(=O)CC(C)NCc1ccnc(C)n1. The Kier molecular flexibility index (Phi) is 4.85. The molecule has 1 aromatic rings. The standard InChI is InChI=1S/C11H17N3O2/c1-8(6-11(15)16-3)13-7-10-4-5-12-9(2)14-10/h4-5,8,13H,6-7H2,1-3H3. The number of aryl methyl sites for hydroxylation is 1. The van der Waals surface area contributed by atoms with Gasteiger partial charge in [0, 0.05) is 18.8 Å². The minimum atomic E-state index is -0.209. The Bertz CT molecular complexity index is 355. The summed E-state index contributed by atoms with van der Waals surface area (Å²) in [5, 5.41) is 3.20. The number of methoxy groups -OCH3 is 1. The Morgan fingerprint density at radius 1 is 1.62 bits per heavy atom. The van der Waals surface area contributed by atoms with Gasteiger partial charge < -0.3 is 10.1 Å². The lowest BCUT2D eigenvalue weighted by Gasteiger charge is -2.11. The van der Waals surface area contributed by atoms with Crippen LogP contribution in [0, 0.1) is 6.92 Å². The molecule has 5 heteroatoms. The number of nitrogens with one attached hydrogen (secondary N) is 1. The quantitative estimate of drug-likeness (QED) is 0.749. The number of nitrogens with zero attached hydrogens (tertiary/aromatic N) is 2. The summed E-state index contributed by atoms with van der Waals surface area (Å²) in [5.74, 6) is 0.541. The fourth-order valence-electron chi connectivity index (χ4n) is 1.29. The van der Waals surface area contributed by atoms with Crippen LogP contribution in [-0.4, -0.2) is 29.1 Å². The molecule has 0 aromatic carbocycles. The van der Waals surface area contributed by atoms with E-state index in [0.717, 1.165) is 11.5 Å². The molecule has 1 atom stereocenters. The lowest BCUT2D eigenvalue weighted by Crippen LogP contribution is -2.28. The van der Waals surface area contributed by atoms with Crippen LogP contribution in [-0.2, 0) is 16.1 Å². The molecule has 0 saturated heterocycles. The van der Waals surface area contributed by atoms with Crippen LogP contribution < -0.4 is 5.32 Å². The largest absolute Gasteiger partial charge is 0.469 e. The number of carbonyl (C=O) groups excluding carboxylic acids is 1. The van der Waals surface area contributed by atoms with Crippen molar-refractivity contribution in [3.8, 4) is 0 Å². The highest BCUT2D eigenvalue weighted by Gasteiger charge is 2.08. The Morgan fingerprint density at radius 2 is 2.38 bits per heavy atom.